The number of furan rings is 1. The molecule has 3 aromatic rings. The van der Waals surface area contributed by atoms with Crippen LogP contribution in [0.15, 0.2) is 53.2 Å². The van der Waals surface area contributed by atoms with Gasteiger partial charge in [-0.3, -0.25) is 4.79 Å². The molecule has 0 aliphatic heterocycles. The molecule has 2 aromatic carbocycles. The molecule has 1 heterocycles. The zero-order chi connectivity index (χ0) is 15.7. The van der Waals surface area contributed by atoms with Crippen molar-refractivity contribution in [2.75, 3.05) is 0 Å². The standard InChI is InChI=1S/C17H9Cl3O2/c18-12-4-1-10(2-5-12)3-6-15(21)17-16-11(9-22-17)7-13(19)8-14(16)20/h1-9H. The van der Waals surface area contributed by atoms with Gasteiger partial charge in [0.2, 0.25) is 5.78 Å². The van der Waals surface area contributed by atoms with Gasteiger partial charge in [-0.2, -0.15) is 0 Å². The molecule has 0 saturated heterocycles. The van der Waals surface area contributed by atoms with Crippen molar-refractivity contribution in [3.05, 3.63) is 75.1 Å². The molecule has 0 unspecified atom stereocenters. The first-order chi connectivity index (χ1) is 10.5. The van der Waals surface area contributed by atoms with Gasteiger partial charge in [-0.25, -0.2) is 0 Å². The Balaban J connectivity index is 1.94. The summed E-state index contributed by atoms with van der Waals surface area (Å²) in [5, 5.41) is 2.79. The summed E-state index contributed by atoms with van der Waals surface area (Å²) in [4.78, 5) is 12.3. The molecule has 0 N–H and O–H groups in total. The van der Waals surface area contributed by atoms with E-state index >= 15 is 0 Å². The lowest BCUT2D eigenvalue weighted by molar-refractivity contribution is 0.102. The van der Waals surface area contributed by atoms with Crippen LogP contribution in [0.1, 0.15) is 16.1 Å². The third kappa shape index (κ3) is 3.05. The Hall–Kier alpha value is -1.74. The van der Waals surface area contributed by atoms with E-state index in [1.165, 1.54) is 12.3 Å². The first kappa shape index (κ1) is 15.2. The lowest BCUT2D eigenvalue weighted by Gasteiger charge is -1.97. The highest BCUT2D eigenvalue weighted by Gasteiger charge is 2.16. The fourth-order valence-electron chi connectivity index (χ4n) is 2.11. The van der Waals surface area contributed by atoms with Crippen LogP contribution in [0.25, 0.3) is 16.8 Å². The highest BCUT2D eigenvalue weighted by Crippen LogP contribution is 2.32. The molecule has 0 saturated carbocycles. The second-order valence-corrected chi connectivity index (χ2v) is 5.95. The normalized spacial score (nSPS) is 11.4. The third-order valence-corrected chi connectivity index (χ3v) is 3.91. The Kier molecular flexibility index (Phi) is 4.25. The summed E-state index contributed by atoms with van der Waals surface area (Å²) in [6.45, 7) is 0. The van der Waals surface area contributed by atoms with Gasteiger partial charge in [-0.15, -0.1) is 0 Å². The van der Waals surface area contributed by atoms with Crippen LogP contribution in [-0.4, -0.2) is 5.78 Å². The lowest BCUT2D eigenvalue weighted by Crippen LogP contribution is -1.92. The minimum Gasteiger partial charge on any atom is -0.460 e. The van der Waals surface area contributed by atoms with Gasteiger partial charge in [-0.05, 0) is 35.9 Å². The monoisotopic (exact) mass is 350 g/mol. The van der Waals surface area contributed by atoms with Crippen molar-refractivity contribution in [3.63, 3.8) is 0 Å². The minimum atomic E-state index is -0.269. The Bertz CT molecular complexity index is 877. The Morgan fingerprint density at radius 3 is 2.45 bits per heavy atom. The number of hydrogen-bond acceptors (Lipinski definition) is 2. The van der Waals surface area contributed by atoms with Crippen molar-refractivity contribution >= 4 is 57.4 Å². The summed E-state index contributed by atoms with van der Waals surface area (Å²) in [6.07, 6.45) is 4.60. The molecule has 0 bridgehead atoms. The van der Waals surface area contributed by atoms with Crippen LogP contribution in [-0.2, 0) is 0 Å². The lowest BCUT2D eigenvalue weighted by atomic mass is 10.1. The van der Waals surface area contributed by atoms with Crippen LogP contribution in [0.2, 0.25) is 15.1 Å². The van der Waals surface area contributed by atoms with Crippen LogP contribution in [0.4, 0.5) is 0 Å². The van der Waals surface area contributed by atoms with Crippen molar-refractivity contribution in [3.8, 4) is 0 Å². The van der Waals surface area contributed by atoms with E-state index in [1.54, 1.807) is 30.3 Å². The second-order valence-electron chi connectivity index (χ2n) is 4.67. The quantitative estimate of drug-likeness (QED) is 0.410. The van der Waals surface area contributed by atoms with Gasteiger partial charge in [0.1, 0.15) is 0 Å². The number of fused-ring (bicyclic) bond motifs is 1. The Morgan fingerprint density at radius 2 is 1.73 bits per heavy atom. The van der Waals surface area contributed by atoms with Crippen molar-refractivity contribution < 1.29 is 9.21 Å². The van der Waals surface area contributed by atoms with Crippen molar-refractivity contribution in [2.24, 2.45) is 0 Å². The smallest absolute Gasteiger partial charge is 0.221 e. The summed E-state index contributed by atoms with van der Waals surface area (Å²) in [7, 11) is 0. The Morgan fingerprint density at radius 1 is 1.00 bits per heavy atom. The summed E-state index contributed by atoms with van der Waals surface area (Å²) in [5.41, 5.74) is 0.864. The average molecular weight is 352 g/mol. The summed E-state index contributed by atoms with van der Waals surface area (Å²) in [6, 6.07) is 10.4. The van der Waals surface area contributed by atoms with Crippen molar-refractivity contribution in [1.82, 2.24) is 0 Å². The minimum absolute atomic E-state index is 0.196. The maximum Gasteiger partial charge on any atom is 0.221 e. The molecule has 0 aliphatic carbocycles. The first-order valence-electron chi connectivity index (χ1n) is 6.39. The first-order valence-corrected chi connectivity index (χ1v) is 7.52. The predicted octanol–water partition coefficient (Wildman–Crippen LogP) is 6.29. The van der Waals surface area contributed by atoms with Gasteiger partial charge >= 0.3 is 0 Å². The maximum absolute atomic E-state index is 12.3. The highest BCUT2D eigenvalue weighted by atomic mass is 35.5. The molecular formula is C17H9Cl3O2. The van der Waals surface area contributed by atoms with Gasteiger partial charge < -0.3 is 4.42 Å². The second kappa shape index (κ2) is 6.17. The molecule has 5 heteroatoms. The zero-order valence-corrected chi connectivity index (χ0v) is 13.4. The number of rotatable bonds is 3. The molecule has 1 aromatic heterocycles. The van der Waals surface area contributed by atoms with Crippen LogP contribution < -0.4 is 0 Å². The van der Waals surface area contributed by atoms with Gasteiger partial charge in [0.25, 0.3) is 0 Å². The van der Waals surface area contributed by atoms with Gasteiger partial charge in [-0.1, -0.05) is 53.0 Å². The topological polar surface area (TPSA) is 30.2 Å². The molecule has 110 valence electrons. The van der Waals surface area contributed by atoms with Crippen LogP contribution in [0, 0.1) is 0 Å². The summed E-state index contributed by atoms with van der Waals surface area (Å²) >= 11 is 17.9. The van der Waals surface area contributed by atoms with E-state index < -0.39 is 0 Å². The summed E-state index contributed by atoms with van der Waals surface area (Å²) in [5.74, 6) is -0.0731. The highest BCUT2D eigenvalue weighted by molar-refractivity contribution is 6.40. The molecule has 0 spiro atoms. The predicted molar refractivity (Wildman–Crippen MR) is 91.1 cm³/mol. The van der Waals surface area contributed by atoms with E-state index in [-0.39, 0.29) is 11.5 Å². The van der Waals surface area contributed by atoms with Crippen molar-refractivity contribution in [1.29, 1.82) is 0 Å². The molecule has 2 nitrogen and oxygen atoms in total. The van der Waals surface area contributed by atoms with E-state index in [1.807, 2.05) is 12.1 Å². The Labute approximate surface area is 141 Å². The van der Waals surface area contributed by atoms with E-state index in [4.69, 9.17) is 39.2 Å². The van der Waals surface area contributed by atoms with Gasteiger partial charge in [0, 0.05) is 15.4 Å². The number of allylic oxidation sites excluding steroid dienone is 1. The largest absolute Gasteiger partial charge is 0.460 e. The fourth-order valence-corrected chi connectivity index (χ4v) is 2.83. The number of hydrogen-bond donors (Lipinski definition) is 0. The number of ketones is 1. The molecule has 0 aliphatic rings. The van der Waals surface area contributed by atoms with Crippen LogP contribution >= 0.6 is 34.8 Å². The number of carbonyl (C=O) groups excluding carboxylic acids is 1. The van der Waals surface area contributed by atoms with E-state index in [0.717, 1.165) is 5.56 Å². The number of benzene rings is 2. The zero-order valence-electron chi connectivity index (χ0n) is 11.1. The van der Waals surface area contributed by atoms with Gasteiger partial charge in [0.15, 0.2) is 5.76 Å². The number of carbonyl (C=O) groups is 1. The fraction of sp³-hybridized carbons (Fsp3) is 0. The van der Waals surface area contributed by atoms with E-state index in [9.17, 15) is 4.79 Å². The molecule has 0 fully saturated rings. The van der Waals surface area contributed by atoms with Crippen LogP contribution in [0.5, 0.6) is 0 Å². The number of halogens is 3. The summed E-state index contributed by atoms with van der Waals surface area (Å²) < 4.78 is 5.36. The molecule has 0 radical (unpaired) electrons. The molecular weight excluding hydrogens is 343 g/mol. The average Bonchev–Trinajstić information content (AvgIpc) is 2.90. The van der Waals surface area contributed by atoms with Crippen molar-refractivity contribution in [2.45, 2.75) is 0 Å². The third-order valence-electron chi connectivity index (χ3n) is 3.14. The molecule has 0 amide bonds. The van der Waals surface area contributed by atoms with Crippen LogP contribution in [0.3, 0.4) is 0 Å². The SMILES string of the molecule is O=C(C=Cc1ccc(Cl)cc1)c1occ2cc(Cl)cc(Cl)c12. The molecule has 3 rings (SSSR count). The molecule has 22 heavy (non-hydrogen) atoms. The van der Waals surface area contributed by atoms with Gasteiger partial charge in [0.05, 0.1) is 16.7 Å². The van der Waals surface area contributed by atoms with E-state index in [0.29, 0.717) is 25.8 Å². The maximum atomic E-state index is 12.3. The van der Waals surface area contributed by atoms with E-state index in [2.05, 4.69) is 0 Å². The molecule has 0 atom stereocenters.